The van der Waals surface area contributed by atoms with E-state index in [-0.39, 0.29) is 4.90 Å². The summed E-state index contributed by atoms with van der Waals surface area (Å²) in [6.45, 7) is 7.20. The van der Waals surface area contributed by atoms with Crippen molar-refractivity contribution in [3.8, 4) is 0 Å². The van der Waals surface area contributed by atoms with Crippen LogP contribution in [-0.2, 0) is 23.6 Å². The van der Waals surface area contributed by atoms with Gasteiger partial charge < -0.3 is 0 Å². The Kier molecular flexibility index (Phi) is 4.75. The van der Waals surface area contributed by atoms with E-state index in [1.54, 1.807) is 22.5 Å². The van der Waals surface area contributed by atoms with Gasteiger partial charge in [-0.1, -0.05) is 6.07 Å². The summed E-state index contributed by atoms with van der Waals surface area (Å²) in [4.78, 5) is 2.54. The van der Waals surface area contributed by atoms with E-state index >= 15 is 0 Å². The summed E-state index contributed by atoms with van der Waals surface area (Å²) in [5.74, 6) is 0. The quantitative estimate of drug-likeness (QED) is 0.654. The van der Waals surface area contributed by atoms with Crippen molar-refractivity contribution in [2.24, 2.45) is 7.05 Å². The van der Waals surface area contributed by atoms with Gasteiger partial charge in [-0.25, -0.2) is 8.42 Å². The van der Waals surface area contributed by atoms with E-state index in [9.17, 15) is 8.42 Å². The fourth-order valence-corrected chi connectivity index (χ4v) is 5.70. The molecule has 1 saturated heterocycles. The van der Waals surface area contributed by atoms with E-state index in [4.69, 9.17) is 0 Å². The molecule has 0 bridgehead atoms. The highest BCUT2D eigenvalue weighted by Crippen LogP contribution is 2.25. The summed E-state index contributed by atoms with van der Waals surface area (Å²) in [5.41, 5.74) is 4.51. The molecular formula is C17H22N6O2S2. The van der Waals surface area contributed by atoms with Gasteiger partial charge in [0.15, 0.2) is 0 Å². The SMILES string of the molecule is Cc1nn(C)c(C)c1CN1CCN(S(=O)(=O)c2cccc3nsnc23)CC1. The van der Waals surface area contributed by atoms with Crippen LogP contribution >= 0.6 is 11.7 Å². The highest BCUT2D eigenvalue weighted by Gasteiger charge is 2.31. The monoisotopic (exact) mass is 406 g/mol. The lowest BCUT2D eigenvalue weighted by molar-refractivity contribution is 0.181. The zero-order chi connectivity index (χ0) is 19.2. The molecule has 0 N–H and O–H groups in total. The highest BCUT2D eigenvalue weighted by atomic mass is 32.2. The second-order valence-corrected chi connectivity index (χ2v) is 9.28. The number of piperazine rings is 1. The van der Waals surface area contributed by atoms with Crippen LogP contribution in [0, 0.1) is 13.8 Å². The van der Waals surface area contributed by atoms with Gasteiger partial charge in [0.05, 0.1) is 17.4 Å². The van der Waals surface area contributed by atoms with Gasteiger partial charge in [-0.15, -0.1) is 0 Å². The maximum atomic E-state index is 13.1. The third kappa shape index (κ3) is 3.27. The molecule has 3 heterocycles. The van der Waals surface area contributed by atoms with Crippen molar-refractivity contribution in [3.63, 3.8) is 0 Å². The van der Waals surface area contributed by atoms with Gasteiger partial charge >= 0.3 is 0 Å². The van der Waals surface area contributed by atoms with Crippen molar-refractivity contribution in [1.82, 2.24) is 27.7 Å². The van der Waals surface area contributed by atoms with Crippen LogP contribution in [0.1, 0.15) is 17.0 Å². The lowest BCUT2D eigenvalue weighted by Crippen LogP contribution is -2.48. The third-order valence-electron chi connectivity index (χ3n) is 5.24. The summed E-state index contributed by atoms with van der Waals surface area (Å²) < 4.78 is 38.0. The summed E-state index contributed by atoms with van der Waals surface area (Å²) in [5, 5.41) is 4.47. The van der Waals surface area contributed by atoms with E-state index < -0.39 is 10.0 Å². The summed E-state index contributed by atoms with van der Waals surface area (Å²) in [6, 6.07) is 5.13. The predicted molar refractivity (Wildman–Crippen MR) is 104 cm³/mol. The summed E-state index contributed by atoms with van der Waals surface area (Å²) >= 11 is 1.04. The molecule has 1 aliphatic rings. The fraction of sp³-hybridized carbons (Fsp3) is 0.471. The largest absolute Gasteiger partial charge is 0.296 e. The van der Waals surface area contributed by atoms with Gasteiger partial charge in [-0.05, 0) is 26.0 Å². The van der Waals surface area contributed by atoms with Gasteiger partial charge in [0, 0.05) is 51.0 Å². The van der Waals surface area contributed by atoms with Crippen LogP contribution in [0.15, 0.2) is 23.1 Å². The second kappa shape index (κ2) is 6.93. The van der Waals surface area contributed by atoms with Crippen molar-refractivity contribution in [2.45, 2.75) is 25.3 Å². The number of fused-ring (bicyclic) bond motifs is 1. The number of rotatable bonds is 4. The lowest BCUT2D eigenvalue weighted by Gasteiger charge is -2.34. The van der Waals surface area contributed by atoms with Crippen molar-refractivity contribution < 1.29 is 8.42 Å². The van der Waals surface area contributed by atoms with Crippen molar-refractivity contribution in [1.29, 1.82) is 0 Å². The van der Waals surface area contributed by atoms with Crippen LogP contribution in [0.3, 0.4) is 0 Å². The molecule has 0 atom stereocenters. The number of aromatic nitrogens is 4. The van der Waals surface area contributed by atoms with Gasteiger partial charge in [-0.3, -0.25) is 9.58 Å². The van der Waals surface area contributed by atoms with Crippen molar-refractivity contribution in [3.05, 3.63) is 35.2 Å². The van der Waals surface area contributed by atoms with E-state index in [1.807, 2.05) is 18.7 Å². The van der Waals surface area contributed by atoms with Crippen LogP contribution in [0.4, 0.5) is 0 Å². The first-order chi connectivity index (χ1) is 12.9. The first-order valence-corrected chi connectivity index (χ1v) is 11.0. The van der Waals surface area contributed by atoms with Gasteiger partial charge in [-0.2, -0.15) is 18.2 Å². The van der Waals surface area contributed by atoms with Gasteiger partial charge in [0.1, 0.15) is 15.9 Å². The van der Waals surface area contributed by atoms with Crippen LogP contribution < -0.4 is 0 Å². The molecule has 0 radical (unpaired) electrons. The summed E-state index contributed by atoms with van der Waals surface area (Å²) in [6.07, 6.45) is 0. The molecule has 1 aromatic carbocycles. The smallest absolute Gasteiger partial charge is 0.245 e. The van der Waals surface area contributed by atoms with Gasteiger partial charge in [0.2, 0.25) is 10.0 Å². The Morgan fingerprint density at radius 2 is 1.85 bits per heavy atom. The highest BCUT2D eigenvalue weighted by molar-refractivity contribution is 7.89. The average Bonchev–Trinajstić information content (AvgIpc) is 3.22. The molecule has 3 aromatic rings. The minimum Gasteiger partial charge on any atom is -0.296 e. The molecule has 0 amide bonds. The minimum atomic E-state index is -3.57. The molecule has 2 aromatic heterocycles. The molecule has 0 unspecified atom stereocenters. The number of aryl methyl sites for hydroxylation is 2. The zero-order valence-electron chi connectivity index (χ0n) is 15.6. The number of benzene rings is 1. The second-order valence-electron chi connectivity index (χ2n) is 6.84. The standard InChI is InChI=1S/C17H22N6O2S2/c1-12-14(13(2)21(3)18-12)11-22-7-9-23(10-8-22)27(24,25)16-6-4-5-15-17(16)20-26-19-15/h4-6H,7-11H2,1-3H3. The van der Waals surface area contributed by atoms with Crippen molar-refractivity contribution >= 4 is 32.8 Å². The molecule has 10 heteroatoms. The van der Waals surface area contributed by atoms with Crippen LogP contribution in [0.5, 0.6) is 0 Å². The predicted octanol–water partition coefficient (Wildman–Crippen LogP) is 1.55. The third-order valence-corrected chi connectivity index (χ3v) is 7.71. The Balaban J connectivity index is 1.49. The van der Waals surface area contributed by atoms with E-state index in [0.717, 1.165) is 29.7 Å². The number of sulfonamides is 1. The molecule has 144 valence electrons. The molecule has 0 spiro atoms. The maximum absolute atomic E-state index is 13.1. The maximum Gasteiger partial charge on any atom is 0.245 e. The first-order valence-electron chi connectivity index (χ1n) is 8.81. The molecule has 0 aliphatic carbocycles. The van der Waals surface area contributed by atoms with Crippen LogP contribution in [0.25, 0.3) is 11.0 Å². The van der Waals surface area contributed by atoms with E-state index in [2.05, 4.69) is 25.7 Å². The Hall–Kier alpha value is -1.88. The molecular weight excluding hydrogens is 384 g/mol. The molecule has 1 fully saturated rings. The Morgan fingerprint density at radius 3 is 2.52 bits per heavy atom. The Bertz CT molecular complexity index is 1080. The molecule has 0 saturated carbocycles. The summed E-state index contributed by atoms with van der Waals surface area (Å²) in [7, 11) is -1.62. The number of hydrogen-bond acceptors (Lipinski definition) is 7. The number of hydrogen-bond donors (Lipinski definition) is 0. The minimum absolute atomic E-state index is 0.251. The molecule has 4 rings (SSSR count). The average molecular weight is 407 g/mol. The topological polar surface area (TPSA) is 84.2 Å². The lowest BCUT2D eigenvalue weighted by atomic mass is 10.1. The fourth-order valence-electron chi connectivity index (χ4n) is 3.53. The van der Waals surface area contributed by atoms with Crippen molar-refractivity contribution in [2.75, 3.05) is 26.2 Å². The van der Waals surface area contributed by atoms with Gasteiger partial charge in [0.25, 0.3) is 0 Å². The molecule has 8 nitrogen and oxygen atoms in total. The molecule has 27 heavy (non-hydrogen) atoms. The van der Waals surface area contributed by atoms with E-state index in [1.165, 1.54) is 5.56 Å². The molecule has 1 aliphatic heterocycles. The Labute approximate surface area is 162 Å². The number of nitrogens with zero attached hydrogens (tertiary/aromatic N) is 6. The van der Waals surface area contributed by atoms with E-state index in [0.29, 0.717) is 37.2 Å². The van der Waals surface area contributed by atoms with Crippen LogP contribution in [0.2, 0.25) is 0 Å². The Morgan fingerprint density at radius 1 is 1.11 bits per heavy atom. The first kappa shape index (κ1) is 18.5. The zero-order valence-corrected chi connectivity index (χ0v) is 17.2. The van der Waals surface area contributed by atoms with Crippen LogP contribution in [-0.4, -0.2) is 62.3 Å². The normalized spacial score (nSPS) is 17.0.